The van der Waals surface area contributed by atoms with Gasteiger partial charge in [0.1, 0.15) is 12.6 Å². The van der Waals surface area contributed by atoms with Gasteiger partial charge >= 0.3 is 6.18 Å². The van der Waals surface area contributed by atoms with E-state index in [1.54, 1.807) is 4.90 Å². The second kappa shape index (κ2) is 6.89. The monoisotopic (exact) mass is 296 g/mol. The van der Waals surface area contributed by atoms with E-state index in [9.17, 15) is 22.8 Å². The van der Waals surface area contributed by atoms with Gasteiger partial charge in [0.2, 0.25) is 11.8 Å². The number of hydrogen-bond donors (Lipinski definition) is 3. The first-order valence-corrected chi connectivity index (χ1v) is 6.28. The second-order valence-corrected chi connectivity index (χ2v) is 4.58. The van der Waals surface area contributed by atoms with Gasteiger partial charge in [-0.1, -0.05) is 0 Å². The van der Waals surface area contributed by atoms with Gasteiger partial charge in [-0.3, -0.25) is 14.5 Å². The van der Waals surface area contributed by atoms with Crippen LogP contribution in [0.25, 0.3) is 0 Å². The topological polar surface area (TPSA) is 73.5 Å². The fourth-order valence-corrected chi connectivity index (χ4v) is 2.08. The molecule has 2 atom stereocenters. The number of rotatable bonds is 4. The Kier molecular flexibility index (Phi) is 5.75. The molecule has 1 saturated heterocycles. The molecule has 1 aliphatic heterocycles. The molecule has 1 aliphatic rings. The van der Waals surface area contributed by atoms with Crippen molar-refractivity contribution >= 4 is 11.8 Å². The molecule has 1 fully saturated rings. The first-order valence-electron chi connectivity index (χ1n) is 6.28. The molecule has 0 aromatic rings. The predicted octanol–water partition coefficient (Wildman–Crippen LogP) is -0.927. The van der Waals surface area contributed by atoms with Gasteiger partial charge in [-0.15, -0.1) is 0 Å². The SMILES string of the molecule is CNC(=O)C1CNCCN1C(C)C(=O)NCC(F)(F)F. The van der Waals surface area contributed by atoms with Crippen molar-refractivity contribution in [1.29, 1.82) is 0 Å². The number of nitrogens with one attached hydrogen (secondary N) is 3. The van der Waals surface area contributed by atoms with E-state index in [1.807, 2.05) is 5.32 Å². The summed E-state index contributed by atoms with van der Waals surface area (Å²) in [7, 11) is 1.48. The molecular formula is C11H19F3N4O2. The van der Waals surface area contributed by atoms with Crippen LogP contribution in [0.3, 0.4) is 0 Å². The number of carbonyl (C=O) groups is 2. The van der Waals surface area contributed by atoms with Crippen molar-refractivity contribution in [3.63, 3.8) is 0 Å². The molecule has 2 unspecified atom stereocenters. The summed E-state index contributed by atoms with van der Waals surface area (Å²) in [5, 5.41) is 7.34. The number of alkyl halides is 3. The van der Waals surface area contributed by atoms with E-state index in [4.69, 9.17) is 0 Å². The molecule has 0 radical (unpaired) electrons. The fraction of sp³-hybridized carbons (Fsp3) is 0.818. The van der Waals surface area contributed by atoms with Crippen LogP contribution in [0.4, 0.5) is 13.2 Å². The van der Waals surface area contributed by atoms with Crippen LogP contribution in [0.2, 0.25) is 0 Å². The third-order valence-corrected chi connectivity index (χ3v) is 3.17. The number of likely N-dealkylation sites (N-methyl/N-ethyl adjacent to an activating group) is 1. The van der Waals surface area contributed by atoms with E-state index in [-0.39, 0.29) is 5.91 Å². The molecule has 0 saturated carbocycles. The average Bonchev–Trinajstić information content (AvgIpc) is 2.42. The zero-order valence-corrected chi connectivity index (χ0v) is 11.4. The maximum atomic E-state index is 12.1. The number of piperazine rings is 1. The molecular weight excluding hydrogens is 277 g/mol. The van der Waals surface area contributed by atoms with Gasteiger partial charge in [0.15, 0.2) is 0 Å². The van der Waals surface area contributed by atoms with Crippen molar-refractivity contribution in [1.82, 2.24) is 20.9 Å². The molecule has 3 N–H and O–H groups in total. The van der Waals surface area contributed by atoms with E-state index in [2.05, 4.69) is 10.6 Å². The van der Waals surface area contributed by atoms with Crippen LogP contribution >= 0.6 is 0 Å². The van der Waals surface area contributed by atoms with Gasteiger partial charge in [0.05, 0.1) is 6.04 Å². The summed E-state index contributed by atoms with van der Waals surface area (Å²) in [4.78, 5) is 25.1. The van der Waals surface area contributed by atoms with Crippen molar-refractivity contribution in [2.75, 3.05) is 33.2 Å². The highest BCUT2D eigenvalue weighted by Crippen LogP contribution is 2.13. The van der Waals surface area contributed by atoms with Crippen LogP contribution in [-0.2, 0) is 9.59 Å². The number of carbonyl (C=O) groups excluding carboxylic acids is 2. The fourth-order valence-electron chi connectivity index (χ4n) is 2.08. The molecule has 6 nitrogen and oxygen atoms in total. The zero-order valence-electron chi connectivity index (χ0n) is 11.4. The molecule has 0 aliphatic carbocycles. The summed E-state index contributed by atoms with van der Waals surface area (Å²) in [5.74, 6) is -1.01. The summed E-state index contributed by atoms with van der Waals surface area (Å²) >= 11 is 0. The summed E-state index contributed by atoms with van der Waals surface area (Å²) in [6, 6.07) is -1.37. The van der Waals surface area contributed by atoms with Crippen molar-refractivity contribution in [3.8, 4) is 0 Å². The Balaban J connectivity index is 2.65. The molecule has 20 heavy (non-hydrogen) atoms. The van der Waals surface area contributed by atoms with Gasteiger partial charge in [0.25, 0.3) is 0 Å². The lowest BCUT2D eigenvalue weighted by molar-refractivity contribution is -0.143. The van der Waals surface area contributed by atoms with Crippen LogP contribution in [0.1, 0.15) is 6.92 Å². The quantitative estimate of drug-likeness (QED) is 0.627. The maximum absolute atomic E-state index is 12.1. The Morgan fingerprint density at radius 3 is 2.65 bits per heavy atom. The Labute approximate surface area is 115 Å². The van der Waals surface area contributed by atoms with Gasteiger partial charge in [0, 0.05) is 26.7 Å². The highest BCUT2D eigenvalue weighted by atomic mass is 19.4. The first-order chi connectivity index (χ1) is 9.26. The third-order valence-electron chi connectivity index (χ3n) is 3.17. The van der Waals surface area contributed by atoms with Crippen molar-refractivity contribution < 1.29 is 22.8 Å². The number of halogens is 3. The highest BCUT2D eigenvalue weighted by Gasteiger charge is 2.35. The first kappa shape index (κ1) is 16.7. The van der Waals surface area contributed by atoms with Gasteiger partial charge in [-0.25, -0.2) is 0 Å². The molecule has 1 heterocycles. The maximum Gasteiger partial charge on any atom is 0.405 e. The Hall–Kier alpha value is -1.35. The van der Waals surface area contributed by atoms with Gasteiger partial charge in [-0.05, 0) is 6.92 Å². The molecule has 0 aromatic carbocycles. The molecule has 0 aromatic heterocycles. The van der Waals surface area contributed by atoms with E-state index in [0.29, 0.717) is 19.6 Å². The zero-order chi connectivity index (χ0) is 15.3. The summed E-state index contributed by atoms with van der Waals surface area (Å²) in [6.07, 6.45) is -4.45. The molecule has 116 valence electrons. The summed E-state index contributed by atoms with van der Waals surface area (Å²) in [5.41, 5.74) is 0. The van der Waals surface area contributed by atoms with Crippen LogP contribution in [0, 0.1) is 0 Å². The predicted molar refractivity (Wildman–Crippen MR) is 66.0 cm³/mol. The Bertz CT molecular complexity index is 362. The minimum atomic E-state index is -4.45. The van der Waals surface area contributed by atoms with Crippen molar-refractivity contribution in [2.45, 2.75) is 25.2 Å². The average molecular weight is 296 g/mol. The number of amides is 2. The molecule has 9 heteroatoms. The third kappa shape index (κ3) is 4.64. The van der Waals surface area contributed by atoms with E-state index < -0.39 is 30.7 Å². The largest absolute Gasteiger partial charge is 0.405 e. The summed E-state index contributed by atoms with van der Waals surface area (Å²) < 4.78 is 36.2. The van der Waals surface area contributed by atoms with Crippen LogP contribution in [0.5, 0.6) is 0 Å². The standard InChI is InChI=1S/C11H19F3N4O2/c1-7(9(19)17-6-11(12,13)14)18-4-3-16-5-8(18)10(20)15-2/h7-8,16H,3-6H2,1-2H3,(H,15,20)(H,17,19). The van der Waals surface area contributed by atoms with Crippen LogP contribution in [0.15, 0.2) is 0 Å². The lowest BCUT2D eigenvalue weighted by Gasteiger charge is -2.38. The lowest BCUT2D eigenvalue weighted by atomic mass is 10.1. The van der Waals surface area contributed by atoms with E-state index in [1.165, 1.54) is 14.0 Å². The van der Waals surface area contributed by atoms with Crippen LogP contribution < -0.4 is 16.0 Å². The lowest BCUT2D eigenvalue weighted by Crippen LogP contribution is -2.62. The second-order valence-electron chi connectivity index (χ2n) is 4.58. The smallest absolute Gasteiger partial charge is 0.358 e. The minimum Gasteiger partial charge on any atom is -0.358 e. The minimum absolute atomic E-state index is 0.271. The van der Waals surface area contributed by atoms with Crippen molar-refractivity contribution in [3.05, 3.63) is 0 Å². The van der Waals surface area contributed by atoms with E-state index in [0.717, 1.165) is 0 Å². The van der Waals surface area contributed by atoms with Crippen LogP contribution in [-0.4, -0.2) is 68.2 Å². The molecule has 1 rings (SSSR count). The van der Waals surface area contributed by atoms with Gasteiger partial charge < -0.3 is 16.0 Å². The molecule has 0 spiro atoms. The normalized spacial score (nSPS) is 22.1. The number of hydrogen-bond acceptors (Lipinski definition) is 4. The molecule has 2 amide bonds. The summed E-state index contributed by atoms with van der Waals surface area (Å²) in [6.45, 7) is 1.47. The van der Waals surface area contributed by atoms with Crippen molar-refractivity contribution in [2.24, 2.45) is 0 Å². The van der Waals surface area contributed by atoms with E-state index >= 15 is 0 Å². The highest BCUT2D eigenvalue weighted by molar-refractivity contribution is 5.85. The molecule has 0 bridgehead atoms. The number of nitrogens with zero attached hydrogens (tertiary/aromatic N) is 1. The Morgan fingerprint density at radius 1 is 1.45 bits per heavy atom. The Morgan fingerprint density at radius 2 is 2.10 bits per heavy atom. The van der Waals surface area contributed by atoms with Gasteiger partial charge in [-0.2, -0.15) is 13.2 Å².